The standard InChI is InChI=1S/C23H15F4N3O2S/c1-32-18-8-5-14(6-9-18)13-28-30(22-29-19-10-7-17(24)12-20(19)33-22)21(31)15-3-2-4-16(11-15)23(25,26)27/h2-13H,1H3/b28-13+. The molecule has 0 fully saturated rings. The van der Waals surface area contributed by atoms with Crippen molar-refractivity contribution in [1.29, 1.82) is 0 Å². The van der Waals surface area contributed by atoms with Crippen molar-refractivity contribution < 1.29 is 27.1 Å². The van der Waals surface area contributed by atoms with Gasteiger partial charge in [0.25, 0.3) is 5.91 Å². The van der Waals surface area contributed by atoms with E-state index >= 15 is 0 Å². The van der Waals surface area contributed by atoms with E-state index in [0.717, 1.165) is 34.5 Å². The predicted molar refractivity (Wildman–Crippen MR) is 118 cm³/mol. The molecule has 1 amide bonds. The van der Waals surface area contributed by atoms with Crippen LogP contribution in [0.25, 0.3) is 10.2 Å². The molecular weight excluding hydrogens is 458 g/mol. The number of ether oxygens (including phenoxy) is 1. The Kier molecular flexibility index (Phi) is 6.10. The normalized spacial score (nSPS) is 11.8. The minimum absolute atomic E-state index is 0.0859. The lowest BCUT2D eigenvalue weighted by molar-refractivity contribution is -0.137. The predicted octanol–water partition coefficient (Wildman–Crippen LogP) is 6.14. The number of rotatable bonds is 5. The van der Waals surface area contributed by atoms with Crippen LogP contribution >= 0.6 is 11.3 Å². The first-order chi connectivity index (χ1) is 15.7. The summed E-state index contributed by atoms with van der Waals surface area (Å²) in [5.74, 6) is -0.669. The highest BCUT2D eigenvalue weighted by Crippen LogP contribution is 2.32. The molecule has 10 heteroatoms. The van der Waals surface area contributed by atoms with E-state index in [2.05, 4.69) is 10.1 Å². The van der Waals surface area contributed by atoms with Gasteiger partial charge in [0.2, 0.25) is 5.13 Å². The fraction of sp³-hybridized carbons (Fsp3) is 0.0870. The number of methoxy groups -OCH3 is 1. The first-order valence-electron chi connectivity index (χ1n) is 9.50. The second kappa shape index (κ2) is 8.99. The van der Waals surface area contributed by atoms with E-state index in [9.17, 15) is 22.4 Å². The van der Waals surface area contributed by atoms with Crippen molar-refractivity contribution >= 4 is 38.8 Å². The van der Waals surface area contributed by atoms with Crippen LogP contribution in [0.5, 0.6) is 5.75 Å². The molecule has 3 aromatic carbocycles. The van der Waals surface area contributed by atoms with E-state index in [4.69, 9.17) is 4.74 Å². The zero-order valence-corrected chi connectivity index (χ0v) is 17.8. The van der Waals surface area contributed by atoms with Gasteiger partial charge in [0.1, 0.15) is 11.6 Å². The summed E-state index contributed by atoms with van der Waals surface area (Å²) in [5, 5.41) is 5.19. The lowest BCUT2D eigenvalue weighted by atomic mass is 10.1. The molecular formula is C23H15F4N3O2S. The van der Waals surface area contributed by atoms with Gasteiger partial charge in [0, 0.05) is 5.56 Å². The highest BCUT2D eigenvalue weighted by Gasteiger charge is 2.32. The molecule has 0 aliphatic rings. The minimum atomic E-state index is -4.61. The summed E-state index contributed by atoms with van der Waals surface area (Å²) in [6.07, 6.45) is -3.24. The Hall–Kier alpha value is -3.79. The third-order valence-corrected chi connectivity index (χ3v) is 5.58. The molecule has 0 spiro atoms. The Morgan fingerprint density at radius 3 is 2.55 bits per heavy atom. The van der Waals surface area contributed by atoms with E-state index in [-0.39, 0.29) is 10.7 Å². The lowest BCUT2D eigenvalue weighted by Crippen LogP contribution is -2.26. The second-order valence-electron chi connectivity index (χ2n) is 6.82. The average molecular weight is 473 g/mol. The van der Waals surface area contributed by atoms with Crippen molar-refractivity contribution in [3.8, 4) is 5.75 Å². The molecule has 1 heterocycles. The minimum Gasteiger partial charge on any atom is -0.497 e. The Labute approximate surface area is 189 Å². The number of alkyl halides is 3. The van der Waals surface area contributed by atoms with Crippen LogP contribution in [0.3, 0.4) is 0 Å². The number of aromatic nitrogens is 1. The summed E-state index contributed by atoms with van der Waals surface area (Å²) in [5.41, 5.74) is -0.136. The number of nitrogens with zero attached hydrogens (tertiary/aromatic N) is 3. The smallest absolute Gasteiger partial charge is 0.416 e. The molecule has 33 heavy (non-hydrogen) atoms. The third-order valence-electron chi connectivity index (χ3n) is 4.59. The van der Waals surface area contributed by atoms with Gasteiger partial charge in [-0.3, -0.25) is 4.79 Å². The number of carbonyl (C=O) groups is 1. The van der Waals surface area contributed by atoms with Crippen molar-refractivity contribution in [2.75, 3.05) is 12.1 Å². The van der Waals surface area contributed by atoms with Crippen LogP contribution in [0.2, 0.25) is 0 Å². The van der Waals surface area contributed by atoms with Crippen molar-refractivity contribution in [1.82, 2.24) is 4.98 Å². The van der Waals surface area contributed by atoms with Gasteiger partial charge in [0.15, 0.2) is 0 Å². The van der Waals surface area contributed by atoms with Crippen LogP contribution in [0, 0.1) is 5.82 Å². The van der Waals surface area contributed by atoms with Crippen molar-refractivity contribution in [3.63, 3.8) is 0 Å². The molecule has 0 aliphatic heterocycles. The van der Waals surface area contributed by atoms with E-state index in [1.54, 1.807) is 24.3 Å². The number of halogens is 4. The van der Waals surface area contributed by atoms with Crippen LogP contribution in [0.4, 0.5) is 22.7 Å². The monoisotopic (exact) mass is 473 g/mol. The quantitative estimate of drug-likeness (QED) is 0.199. The van der Waals surface area contributed by atoms with Crippen molar-refractivity contribution in [3.05, 3.63) is 89.2 Å². The van der Waals surface area contributed by atoms with Gasteiger partial charge in [-0.25, -0.2) is 9.37 Å². The zero-order chi connectivity index (χ0) is 23.6. The maximum atomic E-state index is 13.6. The average Bonchev–Trinajstić information content (AvgIpc) is 3.21. The summed E-state index contributed by atoms with van der Waals surface area (Å²) >= 11 is 0.992. The zero-order valence-electron chi connectivity index (χ0n) is 17.0. The maximum Gasteiger partial charge on any atom is 0.416 e. The van der Waals surface area contributed by atoms with Gasteiger partial charge < -0.3 is 4.74 Å². The Balaban J connectivity index is 1.75. The second-order valence-corrected chi connectivity index (χ2v) is 7.83. The number of hydrogen-bond acceptors (Lipinski definition) is 5. The number of fused-ring (bicyclic) bond motifs is 1. The largest absolute Gasteiger partial charge is 0.497 e. The first-order valence-corrected chi connectivity index (χ1v) is 10.3. The number of amides is 1. The lowest BCUT2D eigenvalue weighted by Gasteiger charge is -2.15. The summed E-state index contributed by atoms with van der Waals surface area (Å²) in [6.45, 7) is 0. The fourth-order valence-electron chi connectivity index (χ4n) is 2.93. The molecule has 168 valence electrons. The Morgan fingerprint density at radius 1 is 1.09 bits per heavy atom. The summed E-state index contributed by atoms with van der Waals surface area (Å²) in [7, 11) is 1.52. The van der Waals surface area contributed by atoms with Gasteiger partial charge >= 0.3 is 6.18 Å². The van der Waals surface area contributed by atoms with Crippen molar-refractivity contribution in [2.45, 2.75) is 6.18 Å². The number of carbonyl (C=O) groups excluding carboxylic acids is 1. The molecule has 0 radical (unpaired) electrons. The van der Waals surface area contributed by atoms with E-state index in [1.807, 2.05) is 0 Å². The fourth-order valence-corrected chi connectivity index (χ4v) is 3.88. The Morgan fingerprint density at radius 2 is 1.85 bits per heavy atom. The van der Waals surface area contributed by atoms with E-state index in [1.165, 1.54) is 37.6 Å². The highest BCUT2D eigenvalue weighted by atomic mass is 32.1. The number of anilines is 1. The number of hydrogen-bond donors (Lipinski definition) is 0. The molecule has 1 aromatic heterocycles. The van der Waals surface area contributed by atoms with Crippen LogP contribution in [0.15, 0.2) is 71.8 Å². The van der Waals surface area contributed by atoms with Crippen LogP contribution in [0.1, 0.15) is 21.5 Å². The summed E-state index contributed by atoms with van der Waals surface area (Å²) < 4.78 is 58.6. The Bertz CT molecular complexity index is 1330. The number of hydrazone groups is 1. The van der Waals surface area contributed by atoms with Gasteiger partial charge in [0.05, 0.1) is 29.1 Å². The van der Waals surface area contributed by atoms with Gasteiger partial charge in [-0.15, -0.1) is 0 Å². The van der Waals surface area contributed by atoms with Crippen LogP contribution in [-0.4, -0.2) is 24.2 Å². The van der Waals surface area contributed by atoms with E-state index < -0.39 is 23.5 Å². The molecule has 4 rings (SSSR count). The third kappa shape index (κ3) is 5.01. The van der Waals surface area contributed by atoms with Crippen molar-refractivity contribution in [2.24, 2.45) is 5.10 Å². The van der Waals surface area contributed by atoms with Gasteiger partial charge in [-0.1, -0.05) is 17.4 Å². The maximum absolute atomic E-state index is 13.6. The summed E-state index contributed by atoms with van der Waals surface area (Å²) in [4.78, 5) is 17.5. The molecule has 0 saturated carbocycles. The summed E-state index contributed by atoms with van der Waals surface area (Å²) in [6, 6.07) is 14.8. The topological polar surface area (TPSA) is 54.8 Å². The van der Waals surface area contributed by atoms with Gasteiger partial charge in [-0.05, 0) is 66.2 Å². The molecule has 0 aliphatic carbocycles. The van der Waals surface area contributed by atoms with Crippen LogP contribution < -0.4 is 9.75 Å². The SMILES string of the molecule is COc1ccc(/C=N/N(C(=O)c2cccc(C(F)(F)F)c2)c2nc3ccc(F)cc3s2)cc1. The molecule has 5 nitrogen and oxygen atoms in total. The molecule has 0 N–H and O–H groups in total. The molecule has 0 unspecified atom stereocenters. The highest BCUT2D eigenvalue weighted by molar-refractivity contribution is 7.22. The molecule has 0 saturated heterocycles. The molecule has 4 aromatic rings. The first kappa shape index (κ1) is 22.4. The van der Waals surface area contributed by atoms with E-state index in [0.29, 0.717) is 21.5 Å². The van der Waals surface area contributed by atoms with Crippen LogP contribution in [-0.2, 0) is 6.18 Å². The molecule has 0 atom stereocenters. The van der Waals surface area contributed by atoms with Gasteiger partial charge in [-0.2, -0.15) is 23.3 Å². The number of thiazole rings is 1. The molecule has 0 bridgehead atoms. The number of benzene rings is 3.